The van der Waals surface area contributed by atoms with Crippen LogP contribution in [0.2, 0.25) is 0 Å². The van der Waals surface area contributed by atoms with Crippen LogP contribution >= 0.6 is 0 Å². The first-order chi connectivity index (χ1) is 7.13. The molecule has 3 heteroatoms. The van der Waals surface area contributed by atoms with Crippen molar-refractivity contribution in [2.75, 3.05) is 13.7 Å². The summed E-state index contributed by atoms with van der Waals surface area (Å²) in [7, 11) is 1.59. The average molecular weight is 206 g/mol. The molecule has 1 atom stereocenters. The third-order valence-corrected chi connectivity index (χ3v) is 2.51. The van der Waals surface area contributed by atoms with Crippen molar-refractivity contribution in [1.82, 2.24) is 0 Å². The molecule has 3 nitrogen and oxygen atoms in total. The van der Waals surface area contributed by atoms with E-state index in [0.29, 0.717) is 17.9 Å². The SMILES string of the molecule is COc1c(C)cc(C)cc1C(=O)C1CO1. The lowest BCUT2D eigenvalue weighted by atomic mass is 10.0. The van der Waals surface area contributed by atoms with Gasteiger partial charge >= 0.3 is 0 Å². The predicted molar refractivity (Wildman–Crippen MR) is 56.5 cm³/mol. The fraction of sp³-hybridized carbons (Fsp3) is 0.417. The smallest absolute Gasteiger partial charge is 0.197 e. The van der Waals surface area contributed by atoms with Gasteiger partial charge < -0.3 is 9.47 Å². The summed E-state index contributed by atoms with van der Waals surface area (Å²) in [5.41, 5.74) is 2.69. The number of methoxy groups -OCH3 is 1. The lowest BCUT2D eigenvalue weighted by Gasteiger charge is -2.10. The zero-order valence-corrected chi connectivity index (χ0v) is 9.16. The molecule has 0 aromatic heterocycles. The second kappa shape index (κ2) is 3.66. The molecule has 0 spiro atoms. The van der Waals surface area contributed by atoms with E-state index >= 15 is 0 Å². The Balaban J connectivity index is 2.47. The van der Waals surface area contributed by atoms with Gasteiger partial charge in [0.15, 0.2) is 5.78 Å². The predicted octanol–water partition coefficient (Wildman–Crippen LogP) is 1.89. The van der Waals surface area contributed by atoms with Gasteiger partial charge in [0.1, 0.15) is 11.9 Å². The molecule has 0 radical (unpaired) electrons. The maximum absolute atomic E-state index is 11.9. The van der Waals surface area contributed by atoms with Gasteiger partial charge in [0.25, 0.3) is 0 Å². The number of rotatable bonds is 3. The number of hydrogen-bond acceptors (Lipinski definition) is 3. The second-order valence-electron chi connectivity index (χ2n) is 3.85. The van der Waals surface area contributed by atoms with Crippen LogP contribution in [-0.4, -0.2) is 25.6 Å². The Morgan fingerprint density at radius 2 is 2.13 bits per heavy atom. The Kier molecular flexibility index (Phi) is 2.49. The number of benzene rings is 1. The van der Waals surface area contributed by atoms with E-state index in [1.54, 1.807) is 7.11 Å². The number of Topliss-reactive ketones (excluding diaryl/α,β-unsaturated/α-hetero) is 1. The number of carbonyl (C=O) groups excluding carboxylic acids is 1. The van der Waals surface area contributed by atoms with E-state index in [2.05, 4.69) is 0 Å². The molecule has 80 valence electrons. The number of ketones is 1. The highest BCUT2D eigenvalue weighted by Crippen LogP contribution is 2.28. The molecule has 1 aliphatic heterocycles. The molecular formula is C12H14O3. The van der Waals surface area contributed by atoms with Gasteiger partial charge in [-0.25, -0.2) is 0 Å². The fourth-order valence-electron chi connectivity index (χ4n) is 1.78. The van der Waals surface area contributed by atoms with Crippen molar-refractivity contribution < 1.29 is 14.3 Å². The first-order valence-corrected chi connectivity index (χ1v) is 4.94. The second-order valence-corrected chi connectivity index (χ2v) is 3.85. The van der Waals surface area contributed by atoms with Crippen LogP contribution in [0.5, 0.6) is 5.75 Å². The molecule has 0 aliphatic carbocycles. The molecule has 0 amide bonds. The highest BCUT2D eigenvalue weighted by Gasteiger charge is 2.34. The molecule has 1 aromatic rings. The lowest BCUT2D eigenvalue weighted by molar-refractivity contribution is 0.0950. The molecular weight excluding hydrogens is 192 g/mol. The summed E-state index contributed by atoms with van der Waals surface area (Å²) in [6, 6.07) is 3.86. The molecule has 1 unspecified atom stereocenters. The van der Waals surface area contributed by atoms with E-state index in [-0.39, 0.29) is 11.9 Å². The number of hydrogen-bond donors (Lipinski definition) is 0. The third kappa shape index (κ3) is 1.88. The Morgan fingerprint density at radius 3 is 2.67 bits per heavy atom. The van der Waals surface area contributed by atoms with Crippen LogP contribution in [-0.2, 0) is 4.74 Å². The minimum atomic E-state index is -0.250. The van der Waals surface area contributed by atoms with Crippen molar-refractivity contribution in [3.05, 3.63) is 28.8 Å². The summed E-state index contributed by atoms with van der Waals surface area (Å²) in [5, 5.41) is 0. The first-order valence-electron chi connectivity index (χ1n) is 4.94. The summed E-state index contributed by atoms with van der Waals surface area (Å²) in [6.07, 6.45) is -0.250. The summed E-state index contributed by atoms with van der Waals surface area (Å²) >= 11 is 0. The first kappa shape index (κ1) is 10.2. The minimum Gasteiger partial charge on any atom is -0.496 e. The topological polar surface area (TPSA) is 38.8 Å². The van der Waals surface area contributed by atoms with Crippen molar-refractivity contribution in [2.24, 2.45) is 0 Å². The molecule has 15 heavy (non-hydrogen) atoms. The highest BCUT2D eigenvalue weighted by atomic mass is 16.6. The van der Waals surface area contributed by atoms with Crippen molar-refractivity contribution in [2.45, 2.75) is 20.0 Å². The van der Waals surface area contributed by atoms with Crippen molar-refractivity contribution in [3.8, 4) is 5.75 Å². The zero-order valence-electron chi connectivity index (χ0n) is 9.16. The summed E-state index contributed by atoms with van der Waals surface area (Å²) in [6.45, 7) is 4.45. The lowest BCUT2D eigenvalue weighted by Crippen LogP contribution is -2.10. The van der Waals surface area contributed by atoms with E-state index < -0.39 is 0 Å². The average Bonchev–Trinajstić information content (AvgIpc) is 2.98. The third-order valence-electron chi connectivity index (χ3n) is 2.51. The Hall–Kier alpha value is -1.35. The number of epoxide rings is 1. The summed E-state index contributed by atoms with van der Waals surface area (Å²) < 4.78 is 10.3. The van der Waals surface area contributed by atoms with E-state index in [1.165, 1.54) is 0 Å². The van der Waals surface area contributed by atoms with Gasteiger partial charge in [-0.1, -0.05) is 6.07 Å². The van der Waals surface area contributed by atoms with E-state index in [4.69, 9.17) is 9.47 Å². The van der Waals surface area contributed by atoms with Gasteiger partial charge in [-0.2, -0.15) is 0 Å². The molecule has 0 N–H and O–H groups in total. The molecule has 0 saturated carbocycles. The van der Waals surface area contributed by atoms with Crippen molar-refractivity contribution in [1.29, 1.82) is 0 Å². The molecule has 1 aliphatic rings. The molecule has 1 aromatic carbocycles. The van der Waals surface area contributed by atoms with Crippen LogP contribution in [0.3, 0.4) is 0 Å². The maximum atomic E-state index is 11.9. The number of ether oxygens (including phenoxy) is 2. The van der Waals surface area contributed by atoms with Gasteiger partial charge in [0, 0.05) is 0 Å². The van der Waals surface area contributed by atoms with Crippen LogP contribution in [0.25, 0.3) is 0 Å². The van der Waals surface area contributed by atoms with Crippen LogP contribution in [0.4, 0.5) is 0 Å². The van der Waals surface area contributed by atoms with Crippen LogP contribution in [0, 0.1) is 13.8 Å². The van der Waals surface area contributed by atoms with E-state index in [9.17, 15) is 4.79 Å². The molecule has 0 bridgehead atoms. The maximum Gasteiger partial charge on any atom is 0.197 e. The Labute approximate surface area is 89.0 Å². The van der Waals surface area contributed by atoms with Gasteiger partial charge in [0.2, 0.25) is 0 Å². The monoisotopic (exact) mass is 206 g/mol. The van der Waals surface area contributed by atoms with Gasteiger partial charge in [-0.3, -0.25) is 4.79 Å². The quantitative estimate of drug-likeness (QED) is 0.560. The largest absolute Gasteiger partial charge is 0.496 e. The van der Waals surface area contributed by atoms with Gasteiger partial charge in [-0.15, -0.1) is 0 Å². The molecule has 1 fully saturated rings. The normalized spacial score (nSPS) is 18.7. The van der Waals surface area contributed by atoms with Crippen LogP contribution in [0.1, 0.15) is 21.5 Å². The van der Waals surface area contributed by atoms with Gasteiger partial charge in [0.05, 0.1) is 19.3 Å². The standard InChI is InChI=1S/C12H14O3/c1-7-4-8(2)12(14-3)9(5-7)11(13)10-6-15-10/h4-5,10H,6H2,1-3H3. The summed E-state index contributed by atoms with van der Waals surface area (Å²) in [4.78, 5) is 11.9. The molecule has 2 rings (SSSR count). The van der Waals surface area contributed by atoms with Gasteiger partial charge in [-0.05, 0) is 31.0 Å². The Bertz CT molecular complexity index is 406. The van der Waals surface area contributed by atoms with E-state index in [1.807, 2.05) is 26.0 Å². The van der Waals surface area contributed by atoms with Crippen molar-refractivity contribution in [3.63, 3.8) is 0 Å². The number of carbonyl (C=O) groups is 1. The fourth-order valence-corrected chi connectivity index (χ4v) is 1.78. The molecule has 1 saturated heterocycles. The Morgan fingerprint density at radius 1 is 1.47 bits per heavy atom. The van der Waals surface area contributed by atoms with Crippen molar-refractivity contribution >= 4 is 5.78 Å². The molecule has 1 heterocycles. The summed E-state index contributed by atoms with van der Waals surface area (Å²) in [5.74, 6) is 0.694. The zero-order chi connectivity index (χ0) is 11.0. The van der Waals surface area contributed by atoms with E-state index in [0.717, 1.165) is 11.1 Å². The minimum absolute atomic E-state index is 0.0265. The highest BCUT2D eigenvalue weighted by molar-refractivity contribution is 6.03. The van der Waals surface area contributed by atoms with Crippen LogP contribution < -0.4 is 4.74 Å². The van der Waals surface area contributed by atoms with Crippen LogP contribution in [0.15, 0.2) is 12.1 Å². The number of aryl methyl sites for hydroxylation is 2.